The van der Waals surface area contributed by atoms with Gasteiger partial charge in [-0.1, -0.05) is 12.1 Å². The SMILES string of the molecule is O=C([O-])Cc1ccccn1.O=C([O-])Cc1ccccn1.[Ni+2].[OH3+].[OH3+]. The predicted molar refractivity (Wildman–Crippen MR) is 75.6 cm³/mol. The quantitative estimate of drug-likeness (QED) is 0.408. The first-order chi connectivity index (χ1) is 9.58. The number of aromatic nitrogens is 2. The molecule has 0 unspecified atom stereocenters. The van der Waals surface area contributed by atoms with Gasteiger partial charge in [-0.05, 0) is 24.3 Å². The fourth-order valence-electron chi connectivity index (χ4n) is 1.30. The summed E-state index contributed by atoms with van der Waals surface area (Å²) >= 11 is 0. The van der Waals surface area contributed by atoms with Crippen LogP contribution in [-0.4, -0.2) is 21.9 Å². The van der Waals surface area contributed by atoms with E-state index in [1.807, 2.05) is 0 Å². The first kappa shape index (κ1) is 25.6. The molecule has 0 radical (unpaired) electrons. The Balaban J connectivity index is -0.000000308. The van der Waals surface area contributed by atoms with Gasteiger partial charge >= 0.3 is 16.5 Å². The van der Waals surface area contributed by atoms with E-state index in [0.29, 0.717) is 11.4 Å². The molecule has 0 aliphatic rings. The van der Waals surface area contributed by atoms with Gasteiger partial charge in [-0.25, -0.2) is 0 Å². The molecule has 8 nitrogen and oxygen atoms in total. The van der Waals surface area contributed by atoms with E-state index in [2.05, 4.69) is 9.97 Å². The molecule has 2 aromatic heterocycles. The molecular weight excluding hydrogens is 351 g/mol. The molecule has 0 fully saturated rings. The summed E-state index contributed by atoms with van der Waals surface area (Å²) in [5.41, 5.74) is 1.06. The average Bonchev–Trinajstić information content (AvgIpc) is 2.40. The third kappa shape index (κ3) is 13.1. The molecule has 23 heavy (non-hydrogen) atoms. The van der Waals surface area contributed by atoms with E-state index in [4.69, 9.17) is 0 Å². The van der Waals surface area contributed by atoms with Crippen LogP contribution in [0.3, 0.4) is 0 Å². The van der Waals surface area contributed by atoms with Crippen LogP contribution in [0, 0.1) is 0 Å². The Morgan fingerprint density at radius 3 is 1.35 bits per heavy atom. The van der Waals surface area contributed by atoms with Gasteiger partial charge < -0.3 is 30.8 Å². The topological polar surface area (TPSA) is 172 Å². The van der Waals surface area contributed by atoms with Crippen LogP contribution in [0.25, 0.3) is 0 Å². The number of nitrogens with zero attached hydrogens (tertiary/aromatic N) is 2. The summed E-state index contributed by atoms with van der Waals surface area (Å²) in [4.78, 5) is 27.6. The fourth-order valence-corrected chi connectivity index (χ4v) is 1.30. The minimum atomic E-state index is -1.10. The zero-order valence-corrected chi connectivity index (χ0v) is 13.0. The maximum absolute atomic E-state index is 10.0. The Bertz CT molecular complexity index is 502. The Hall–Kier alpha value is -2.35. The van der Waals surface area contributed by atoms with Crippen LogP contribution >= 0.6 is 0 Å². The van der Waals surface area contributed by atoms with E-state index in [1.165, 1.54) is 0 Å². The van der Waals surface area contributed by atoms with Gasteiger partial charge in [0.1, 0.15) is 0 Å². The van der Waals surface area contributed by atoms with Gasteiger partial charge in [0, 0.05) is 48.6 Å². The predicted octanol–water partition coefficient (Wildman–Crippen LogP) is -3.10. The third-order valence-electron chi connectivity index (χ3n) is 2.10. The second kappa shape index (κ2) is 14.6. The maximum atomic E-state index is 10.0. The number of carbonyl (C=O) groups excluding carboxylic acids is 2. The van der Waals surface area contributed by atoms with Crippen LogP contribution in [0.2, 0.25) is 0 Å². The van der Waals surface area contributed by atoms with E-state index in [0.717, 1.165) is 0 Å². The van der Waals surface area contributed by atoms with Crippen LogP contribution in [-0.2, 0) is 49.9 Å². The van der Waals surface area contributed by atoms with Crippen molar-refractivity contribution >= 4 is 11.9 Å². The number of rotatable bonds is 4. The molecule has 2 aromatic rings. The van der Waals surface area contributed by atoms with Crippen LogP contribution in [0.4, 0.5) is 0 Å². The van der Waals surface area contributed by atoms with Crippen molar-refractivity contribution in [1.29, 1.82) is 0 Å². The molecule has 2 heterocycles. The van der Waals surface area contributed by atoms with Crippen molar-refractivity contribution in [3.05, 3.63) is 60.2 Å². The monoisotopic (exact) mass is 368 g/mol. The minimum absolute atomic E-state index is 0. The third-order valence-corrected chi connectivity index (χ3v) is 2.10. The molecule has 0 spiro atoms. The Kier molecular flexibility index (Phi) is 16.2. The minimum Gasteiger partial charge on any atom is -0.550 e. The Labute approximate surface area is 142 Å². The number of hydrogen-bond acceptors (Lipinski definition) is 6. The van der Waals surface area contributed by atoms with Crippen molar-refractivity contribution in [2.75, 3.05) is 0 Å². The second-order valence-corrected chi connectivity index (χ2v) is 3.74. The zero-order valence-electron chi connectivity index (χ0n) is 12.0. The number of carbonyl (C=O) groups is 2. The number of hydrogen-bond donors (Lipinski definition) is 0. The summed E-state index contributed by atoms with van der Waals surface area (Å²) in [5, 5.41) is 20.0. The number of carboxylic acid groups (broad SMARTS) is 2. The number of pyridine rings is 2. The summed E-state index contributed by atoms with van der Waals surface area (Å²) in [6.07, 6.45) is 2.89. The van der Waals surface area contributed by atoms with Crippen molar-refractivity contribution in [3.8, 4) is 0 Å². The Morgan fingerprint density at radius 1 is 0.783 bits per heavy atom. The summed E-state index contributed by atoms with van der Waals surface area (Å²) in [5.74, 6) is -2.20. The van der Waals surface area contributed by atoms with E-state index in [9.17, 15) is 19.8 Å². The van der Waals surface area contributed by atoms with Gasteiger partial charge in [-0.2, -0.15) is 0 Å². The molecule has 2 rings (SSSR count). The van der Waals surface area contributed by atoms with Gasteiger partial charge in [0.15, 0.2) is 0 Å². The number of aliphatic carboxylic acids is 2. The maximum Gasteiger partial charge on any atom is 2.00 e. The van der Waals surface area contributed by atoms with Gasteiger partial charge in [-0.15, -0.1) is 0 Å². The molecule has 0 aromatic carbocycles. The second-order valence-electron chi connectivity index (χ2n) is 3.74. The van der Waals surface area contributed by atoms with Crippen molar-refractivity contribution in [3.63, 3.8) is 0 Å². The van der Waals surface area contributed by atoms with E-state index >= 15 is 0 Å². The zero-order chi connectivity index (χ0) is 14.8. The average molecular weight is 369 g/mol. The van der Waals surface area contributed by atoms with Crippen LogP contribution in [0.1, 0.15) is 11.4 Å². The first-order valence-electron chi connectivity index (χ1n) is 5.77. The molecule has 0 aliphatic heterocycles. The van der Waals surface area contributed by atoms with Crippen molar-refractivity contribution < 1.29 is 47.2 Å². The van der Waals surface area contributed by atoms with Gasteiger partial charge in [0.2, 0.25) is 0 Å². The summed E-state index contributed by atoms with van der Waals surface area (Å²) in [6.45, 7) is 0. The molecule has 0 saturated heterocycles. The van der Waals surface area contributed by atoms with Gasteiger partial charge in [-0.3, -0.25) is 9.97 Å². The molecule has 0 saturated carbocycles. The molecular formula is C14H18N2NiO6+2. The van der Waals surface area contributed by atoms with Crippen molar-refractivity contribution in [2.45, 2.75) is 12.8 Å². The van der Waals surface area contributed by atoms with Gasteiger partial charge in [0.25, 0.3) is 0 Å². The molecule has 0 amide bonds. The molecule has 6 N–H and O–H groups in total. The van der Waals surface area contributed by atoms with Crippen molar-refractivity contribution in [2.24, 2.45) is 0 Å². The first-order valence-corrected chi connectivity index (χ1v) is 5.77. The summed E-state index contributed by atoms with van der Waals surface area (Å²) in [6, 6.07) is 10.2. The van der Waals surface area contributed by atoms with Crippen LogP contribution in [0.5, 0.6) is 0 Å². The Morgan fingerprint density at radius 2 is 1.13 bits per heavy atom. The number of carboxylic acids is 2. The molecule has 0 aliphatic carbocycles. The molecule has 9 heteroatoms. The largest absolute Gasteiger partial charge is 2.00 e. The standard InChI is InChI=1S/2C7H7NO2.Ni.2H2O/c2*9-7(10)5-6-3-1-2-4-8-6;;;/h2*1-4H,5H2,(H,9,10);;2*1H2/q;;+2;;. The molecule has 0 atom stereocenters. The van der Waals surface area contributed by atoms with E-state index < -0.39 is 11.9 Å². The van der Waals surface area contributed by atoms with Gasteiger partial charge in [0.05, 0.1) is 0 Å². The summed E-state index contributed by atoms with van der Waals surface area (Å²) < 4.78 is 0. The van der Waals surface area contributed by atoms with Crippen molar-refractivity contribution in [1.82, 2.24) is 9.97 Å². The van der Waals surface area contributed by atoms with Crippen LogP contribution < -0.4 is 10.2 Å². The smallest absolute Gasteiger partial charge is 0.550 e. The molecule has 0 bridgehead atoms. The van der Waals surface area contributed by atoms with E-state index in [-0.39, 0.29) is 40.3 Å². The van der Waals surface area contributed by atoms with Crippen LogP contribution in [0.15, 0.2) is 48.8 Å². The summed E-state index contributed by atoms with van der Waals surface area (Å²) in [7, 11) is 0. The molecule has 128 valence electrons. The fraction of sp³-hybridized carbons (Fsp3) is 0.143. The van der Waals surface area contributed by atoms with E-state index in [1.54, 1.807) is 48.8 Å². The normalized spacial score (nSPS) is 8.00.